The van der Waals surface area contributed by atoms with Gasteiger partial charge in [0.2, 0.25) is 5.91 Å². The number of fused-ring (bicyclic) bond motifs is 1. The van der Waals surface area contributed by atoms with Gasteiger partial charge in [0.05, 0.1) is 21.9 Å². The van der Waals surface area contributed by atoms with Crippen molar-refractivity contribution in [2.45, 2.75) is 11.8 Å². The summed E-state index contributed by atoms with van der Waals surface area (Å²) < 4.78 is 24.0. The molecule has 2 N–H and O–H groups in total. The predicted molar refractivity (Wildman–Crippen MR) is 63.2 cm³/mol. The zero-order valence-electron chi connectivity index (χ0n) is 9.50. The van der Waals surface area contributed by atoms with Gasteiger partial charge in [-0.1, -0.05) is 6.92 Å². The lowest BCUT2D eigenvalue weighted by Gasteiger charge is -2.07. The quantitative estimate of drug-likeness (QED) is 0.783. The molecule has 0 aliphatic carbocycles. The second-order valence-electron chi connectivity index (χ2n) is 4.19. The minimum Gasteiger partial charge on any atom is -0.478 e. The average molecular weight is 269 g/mol. The van der Waals surface area contributed by atoms with Gasteiger partial charge in [0.1, 0.15) is 0 Å². The molecule has 1 aliphatic heterocycles. The fourth-order valence-corrected chi connectivity index (χ4v) is 3.49. The van der Waals surface area contributed by atoms with Crippen LogP contribution in [-0.2, 0) is 14.6 Å². The number of carboxylic acids is 1. The summed E-state index contributed by atoms with van der Waals surface area (Å²) in [7, 11) is -3.58. The Kier molecular flexibility index (Phi) is 2.86. The lowest BCUT2D eigenvalue weighted by Crippen LogP contribution is -2.22. The zero-order valence-corrected chi connectivity index (χ0v) is 10.3. The summed E-state index contributed by atoms with van der Waals surface area (Å²) in [6.45, 7) is 1.51. The molecule has 0 bridgehead atoms. The molecule has 1 unspecified atom stereocenters. The number of rotatable bonds is 1. The van der Waals surface area contributed by atoms with Crippen LogP contribution >= 0.6 is 0 Å². The van der Waals surface area contributed by atoms with Gasteiger partial charge in [-0.15, -0.1) is 0 Å². The average Bonchev–Trinajstić information content (AvgIpc) is 2.34. The van der Waals surface area contributed by atoms with Crippen LogP contribution in [0.15, 0.2) is 23.1 Å². The van der Waals surface area contributed by atoms with E-state index in [0.29, 0.717) is 0 Å². The first kappa shape index (κ1) is 12.6. The number of nitrogens with one attached hydrogen (secondary N) is 1. The Bertz CT molecular complexity index is 635. The first-order valence-corrected chi connectivity index (χ1v) is 6.87. The molecule has 1 heterocycles. The Morgan fingerprint density at radius 1 is 1.44 bits per heavy atom. The van der Waals surface area contributed by atoms with Crippen LogP contribution in [0.2, 0.25) is 0 Å². The van der Waals surface area contributed by atoms with Crippen LogP contribution in [0.3, 0.4) is 0 Å². The lowest BCUT2D eigenvalue weighted by molar-refractivity contribution is -0.118. The third-order valence-corrected chi connectivity index (χ3v) is 4.70. The van der Waals surface area contributed by atoms with E-state index < -0.39 is 27.6 Å². The largest absolute Gasteiger partial charge is 0.478 e. The third kappa shape index (κ3) is 2.08. The molecular formula is C11H11NO5S. The summed E-state index contributed by atoms with van der Waals surface area (Å²) in [5.74, 6) is -2.56. The Labute approximate surface area is 104 Å². The highest BCUT2D eigenvalue weighted by molar-refractivity contribution is 7.91. The summed E-state index contributed by atoms with van der Waals surface area (Å²) in [5.41, 5.74) is -0.0388. The molecule has 7 heteroatoms. The number of sulfone groups is 1. The van der Waals surface area contributed by atoms with Crippen LogP contribution in [0.1, 0.15) is 17.3 Å². The van der Waals surface area contributed by atoms with Gasteiger partial charge in [0.25, 0.3) is 0 Å². The van der Waals surface area contributed by atoms with E-state index in [-0.39, 0.29) is 21.9 Å². The van der Waals surface area contributed by atoms with E-state index in [9.17, 15) is 18.0 Å². The molecule has 0 fully saturated rings. The Morgan fingerprint density at radius 2 is 2.11 bits per heavy atom. The maximum Gasteiger partial charge on any atom is 0.335 e. The molecule has 1 aromatic rings. The first-order chi connectivity index (χ1) is 8.31. The highest BCUT2D eigenvalue weighted by Crippen LogP contribution is 2.28. The van der Waals surface area contributed by atoms with E-state index in [1.54, 1.807) is 0 Å². The fraction of sp³-hybridized carbons (Fsp3) is 0.273. The molecule has 1 amide bonds. The highest BCUT2D eigenvalue weighted by atomic mass is 32.2. The molecule has 18 heavy (non-hydrogen) atoms. The van der Waals surface area contributed by atoms with Gasteiger partial charge in [-0.25, -0.2) is 13.2 Å². The molecule has 1 aliphatic rings. The maximum atomic E-state index is 12.0. The van der Waals surface area contributed by atoms with Gasteiger partial charge in [-0.2, -0.15) is 0 Å². The van der Waals surface area contributed by atoms with E-state index in [2.05, 4.69) is 5.32 Å². The summed E-state index contributed by atoms with van der Waals surface area (Å²) in [6, 6.07) is 3.58. The van der Waals surface area contributed by atoms with Crippen LogP contribution in [0.5, 0.6) is 0 Å². The molecule has 0 aromatic heterocycles. The van der Waals surface area contributed by atoms with E-state index in [4.69, 9.17) is 5.11 Å². The molecule has 1 aromatic carbocycles. The maximum absolute atomic E-state index is 12.0. The van der Waals surface area contributed by atoms with Crippen molar-refractivity contribution < 1.29 is 23.1 Å². The molecule has 6 nitrogen and oxygen atoms in total. The molecule has 0 saturated carbocycles. The number of hydrogen-bond acceptors (Lipinski definition) is 4. The summed E-state index contributed by atoms with van der Waals surface area (Å²) >= 11 is 0. The van der Waals surface area contributed by atoms with Crippen molar-refractivity contribution in [3.05, 3.63) is 23.8 Å². The van der Waals surface area contributed by atoms with Crippen molar-refractivity contribution in [2.75, 3.05) is 11.1 Å². The SMILES string of the molecule is CC1CS(=O)(=O)c2ccc(C(=O)O)cc2NC1=O. The topological polar surface area (TPSA) is 101 Å². The number of carbonyl (C=O) groups is 2. The zero-order chi connectivity index (χ0) is 13.5. The Balaban J connectivity index is 2.64. The van der Waals surface area contributed by atoms with Crippen molar-refractivity contribution in [1.82, 2.24) is 0 Å². The second kappa shape index (κ2) is 4.09. The number of carboxylic acid groups (broad SMARTS) is 1. The Morgan fingerprint density at radius 3 is 2.72 bits per heavy atom. The van der Waals surface area contributed by atoms with E-state index in [1.807, 2.05) is 0 Å². The monoisotopic (exact) mass is 269 g/mol. The van der Waals surface area contributed by atoms with Gasteiger partial charge in [-0.3, -0.25) is 4.79 Å². The van der Waals surface area contributed by atoms with Crippen LogP contribution in [0.4, 0.5) is 5.69 Å². The van der Waals surface area contributed by atoms with Gasteiger partial charge >= 0.3 is 5.97 Å². The first-order valence-electron chi connectivity index (χ1n) is 5.22. The van der Waals surface area contributed by atoms with Crippen molar-refractivity contribution in [2.24, 2.45) is 5.92 Å². The number of amides is 1. The standard InChI is InChI=1S/C11H11NO5S/c1-6-5-18(16,17)9-3-2-7(11(14)15)4-8(9)12-10(6)13/h2-4,6H,5H2,1H3,(H,12,13)(H,14,15). The number of aromatic carboxylic acids is 1. The smallest absolute Gasteiger partial charge is 0.335 e. The van der Waals surface area contributed by atoms with Crippen LogP contribution < -0.4 is 5.32 Å². The fourth-order valence-electron chi connectivity index (χ4n) is 1.78. The lowest BCUT2D eigenvalue weighted by atomic mass is 10.1. The van der Waals surface area contributed by atoms with E-state index in [1.165, 1.54) is 19.1 Å². The predicted octanol–water partition coefficient (Wildman–Crippen LogP) is 0.747. The normalized spacial score (nSPS) is 21.6. The summed E-state index contributed by atoms with van der Waals surface area (Å²) in [5, 5.41) is 11.3. The molecule has 2 rings (SSSR count). The van der Waals surface area contributed by atoms with Crippen molar-refractivity contribution in [3.8, 4) is 0 Å². The molecule has 1 atom stereocenters. The van der Waals surface area contributed by atoms with Gasteiger partial charge < -0.3 is 10.4 Å². The molecule has 0 saturated heterocycles. The summed E-state index contributed by atoms with van der Waals surface area (Å²) in [6.07, 6.45) is 0. The van der Waals surface area contributed by atoms with Crippen molar-refractivity contribution in [1.29, 1.82) is 0 Å². The highest BCUT2D eigenvalue weighted by Gasteiger charge is 2.30. The van der Waals surface area contributed by atoms with Gasteiger partial charge in [0, 0.05) is 5.92 Å². The van der Waals surface area contributed by atoms with Gasteiger partial charge in [-0.05, 0) is 18.2 Å². The molecular weight excluding hydrogens is 258 g/mol. The van der Waals surface area contributed by atoms with Crippen LogP contribution in [0.25, 0.3) is 0 Å². The number of anilines is 1. The van der Waals surface area contributed by atoms with E-state index >= 15 is 0 Å². The van der Waals surface area contributed by atoms with E-state index in [0.717, 1.165) is 6.07 Å². The van der Waals surface area contributed by atoms with Crippen LogP contribution in [-0.4, -0.2) is 31.2 Å². The third-order valence-electron chi connectivity index (χ3n) is 2.74. The summed E-state index contributed by atoms with van der Waals surface area (Å²) in [4.78, 5) is 22.4. The number of carbonyl (C=O) groups excluding carboxylic acids is 1. The van der Waals surface area contributed by atoms with Crippen LogP contribution in [0, 0.1) is 5.92 Å². The van der Waals surface area contributed by atoms with Crippen molar-refractivity contribution in [3.63, 3.8) is 0 Å². The van der Waals surface area contributed by atoms with Gasteiger partial charge in [0.15, 0.2) is 9.84 Å². The minimum absolute atomic E-state index is 0.0317. The molecule has 0 radical (unpaired) electrons. The number of benzene rings is 1. The Hall–Kier alpha value is -1.89. The van der Waals surface area contributed by atoms with Crippen molar-refractivity contribution >= 4 is 27.4 Å². The molecule has 96 valence electrons. The second-order valence-corrected chi connectivity index (χ2v) is 6.19. The molecule has 0 spiro atoms. The number of hydrogen-bond donors (Lipinski definition) is 2. The minimum atomic E-state index is -3.58.